The first-order valence-electron chi connectivity index (χ1n) is 13.4. The molecule has 0 aliphatic rings. The lowest BCUT2D eigenvalue weighted by molar-refractivity contribution is -0.143. The number of esters is 1. The Morgan fingerprint density at radius 2 is 1.66 bits per heavy atom. The van der Waals surface area contributed by atoms with Crippen molar-refractivity contribution in [3.63, 3.8) is 0 Å². The molecule has 0 aromatic heterocycles. The normalized spacial score (nSPS) is 11.7. The lowest BCUT2D eigenvalue weighted by Crippen LogP contribution is -2.50. The summed E-state index contributed by atoms with van der Waals surface area (Å²) in [5.74, 6) is -1.34. The average Bonchev–Trinajstić information content (AvgIpc) is 2.91. The van der Waals surface area contributed by atoms with Gasteiger partial charge < -0.3 is 30.0 Å². The molecule has 0 bridgehead atoms. The molecule has 0 fully saturated rings. The van der Waals surface area contributed by atoms with Crippen molar-refractivity contribution < 1.29 is 38.5 Å². The molecule has 0 radical (unpaired) electrons. The van der Waals surface area contributed by atoms with E-state index in [4.69, 9.17) is 14.2 Å². The smallest absolute Gasteiger partial charge is 0.407 e. The number of rotatable bonds is 12. The van der Waals surface area contributed by atoms with Gasteiger partial charge >= 0.3 is 18.2 Å². The van der Waals surface area contributed by atoms with Crippen LogP contribution in [0.2, 0.25) is 0 Å². The molecule has 0 unspecified atom stereocenters. The van der Waals surface area contributed by atoms with Crippen LogP contribution in [0, 0.1) is 13.8 Å². The van der Waals surface area contributed by atoms with E-state index < -0.39 is 42.3 Å². The minimum absolute atomic E-state index is 0.0254. The van der Waals surface area contributed by atoms with Crippen LogP contribution < -0.4 is 15.5 Å². The monoisotopic (exact) mass is 571 g/mol. The fourth-order valence-corrected chi connectivity index (χ4v) is 4.01. The number of anilines is 1. The van der Waals surface area contributed by atoms with Gasteiger partial charge in [0.2, 0.25) is 5.91 Å². The maximum Gasteiger partial charge on any atom is 0.407 e. The maximum atomic E-state index is 13.6. The summed E-state index contributed by atoms with van der Waals surface area (Å²) in [4.78, 5) is 52.0. The molecule has 2 rings (SSSR count). The SMILES string of the molecule is COC(=O)[C@H](CCCCNC(=O)OC(C)(C)C)N(C(=O)CNC(=O)OCc1ccccc1)c1cc(O)cc(C)c1C. The van der Waals surface area contributed by atoms with Gasteiger partial charge in [-0.25, -0.2) is 14.4 Å². The zero-order chi connectivity index (χ0) is 30.6. The number of phenols is 1. The first-order chi connectivity index (χ1) is 19.3. The number of nitrogens with zero attached hydrogens (tertiary/aromatic N) is 1. The number of aryl methyl sites for hydroxylation is 1. The number of aromatic hydroxyl groups is 1. The van der Waals surface area contributed by atoms with Gasteiger partial charge in [-0.3, -0.25) is 9.69 Å². The molecule has 0 saturated heterocycles. The number of ether oxygens (including phenoxy) is 3. The van der Waals surface area contributed by atoms with E-state index in [1.807, 2.05) is 18.2 Å². The number of hydrogen-bond donors (Lipinski definition) is 3. The van der Waals surface area contributed by atoms with Crippen LogP contribution in [-0.4, -0.2) is 61.0 Å². The molecule has 3 N–H and O–H groups in total. The molecule has 41 heavy (non-hydrogen) atoms. The molecule has 0 spiro atoms. The maximum absolute atomic E-state index is 13.6. The fraction of sp³-hybridized carbons (Fsp3) is 0.467. The van der Waals surface area contributed by atoms with E-state index in [1.165, 1.54) is 18.1 Å². The highest BCUT2D eigenvalue weighted by atomic mass is 16.6. The van der Waals surface area contributed by atoms with Crippen molar-refractivity contribution in [2.45, 2.75) is 72.1 Å². The summed E-state index contributed by atoms with van der Waals surface area (Å²) in [7, 11) is 1.22. The Kier molecular flexibility index (Phi) is 12.4. The number of amides is 3. The Bertz CT molecular complexity index is 1190. The van der Waals surface area contributed by atoms with Crippen LogP contribution in [0.4, 0.5) is 15.3 Å². The first kappa shape index (κ1) is 32.9. The summed E-state index contributed by atoms with van der Waals surface area (Å²) in [6.45, 7) is 8.70. The van der Waals surface area contributed by atoms with Crippen LogP contribution in [-0.2, 0) is 30.4 Å². The van der Waals surface area contributed by atoms with Crippen molar-refractivity contribution in [1.82, 2.24) is 10.6 Å². The van der Waals surface area contributed by atoms with Crippen LogP contribution in [0.1, 0.15) is 56.7 Å². The van der Waals surface area contributed by atoms with Gasteiger partial charge in [-0.2, -0.15) is 0 Å². The van der Waals surface area contributed by atoms with E-state index in [0.717, 1.165) is 5.56 Å². The molecule has 1 atom stereocenters. The van der Waals surface area contributed by atoms with Crippen LogP contribution >= 0.6 is 0 Å². The number of unbranched alkanes of at least 4 members (excludes halogenated alkanes) is 1. The van der Waals surface area contributed by atoms with E-state index in [1.54, 1.807) is 52.8 Å². The molecule has 224 valence electrons. The molecule has 3 amide bonds. The lowest BCUT2D eigenvalue weighted by Gasteiger charge is -2.32. The molecular weight excluding hydrogens is 530 g/mol. The summed E-state index contributed by atoms with van der Waals surface area (Å²) in [6, 6.07) is 11.0. The van der Waals surface area contributed by atoms with E-state index >= 15 is 0 Å². The van der Waals surface area contributed by atoms with Crippen molar-refractivity contribution in [2.24, 2.45) is 0 Å². The third-order valence-electron chi connectivity index (χ3n) is 6.11. The summed E-state index contributed by atoms with van der Waals surface area (Å²) in [5, 5.41) is 15.4. The predicted octanol–water partition coefficient (Wildman–Crippen LogP) is 4.51. The molecule has 11 heteroatoms. The van der Waals surface area contributed by atoms with Crippen LogP contribution in [0.15, 0.2) is 42.5 Å². The molecule has 0 aliphatic carbocycles. The highest BCUT2D eigenvalue weighted by Gasteiger charge is 2.33. The van der Waals surface area contributed by atoms with Crippen LogP contribution in [0.25, 0.3) is 0 Å². The molecular formula is C30H41N3O8. The number of nitrogens with one attached hydrogen (secondary N) is 2. The van der Waals surface area contributed by atoms with Gasteiger partial charge in [0, 0.05) is 12.6 Å². The second kappa shape index (κ2) is 15.5. The number of carbonyl (C=O) groups is 4. The topological polar surface area (TPSA) is 144 Å². The Hall–Kier alpha value is -4.28. The number of alkyl carbamates (subject to hydrolysis) is 2. The number of methoxy groups -OCH3 is 1. The van der Waals surface area contributed by atoms with Gasteiger partial charge in [-0.1, -0.05) is 30.3 Å². The van der Waals surface area contributed by atoms with Gasteiger partial charge in [-0.15, -0.1) is 0 Å². The van der Waals surface area contributed by atoms with Crippen molar-refractivity contribution >= 4 is 29.8 Å². The molecule has 11 nitrogen and oxygen atoms in total. The second-order valence-electron chi connectivity index (χ2n) is 10.5. The minimum atomic E-state index is -1.06. The van der Waals surface area contributed by atoms with Crippen molar-refractivity contribution in [2.75, 3.05) is 25.1 Å². The summed E-state index contributed by atoms with van der Waals surface area (Å²) in [6.07, 6.45) is -0.204. The zero-order valence-electron chi connectivity index (χ0n) is 24.6. The second-order valence-corrected chi connectivity index (χ2v) is 10.5. The average molecular weight is 572 g/mol. The summed E-state index contributed by atoms with van der Waals surface area (Å²) < 4.78 is 15.5. The van der Waals surface area contributed by atoms with Gasteiger partial charge in [0.1, 0.15) is 30.5 Å². The number of carbonyl (C=O) groups excluding carboxylic acids is 4. The molecule has 0 heterocycles. The summed E-state index contributed by atoms with van der Waals surface area (Å²) >= 11 is 0. The van der Waals surface area contributed by atoms with Gasteiger partial charge in [0.15, 0.2) is 0 Å². The van der Waals surface area contributed by atoms with Crippen molar-refractivity contribution in [3.8, 4) is 5.75 Å². The highest BCUT2D eigenvalue weighted by Crippen LogP contribution is 2.31. The Labute approximate surface area is 241 Å². The largest absolute Gasteiger partial charge is 0.508 e. The molecule has 2 aromatic carbocycles. The standard InChI is InChI=1S/C30H41N3O8/c1-20-16-23(34)17-25(21(20)2)33(26(35)18-32-28(37)40-19-22-12-8-7-9-13-22)24(27(36)39-6)14-10-11-15-31-29(38)41-30(3,4)5/h7-9,12-13,16-17,24,34H,10-11,14-15,18-19H2,1-6H3,(H,31,38)(H,32,37)/t24-/m0/s1. The summed E-state index contributed by atoms with van der Waals surface area (Å²) in [5.41, 5.74) is 1.85. The Morgan fingerprint density at radius 3 is 2.29 bits per heavy atom. The van der Waals surface area contributed by atoms with Gasteiger partial charge in [-0.05, 0) is 76.6 Å². The highest BCUT2D eigenvalue weighted by molar-refractivity contribution is 6.02. The molecule has 0 aliphatic heterocycles. The zero-order valence-corrected chi connectivity index (χ0v) is 24.6. The first-order valence-corrected chi connectivity index (χ1v) is 13.4. The predicted molar refractivity (Wildman–Crippen MR) is 154 cm³/mol. The van der Waals surface area contributed by atoms with E-state index in [9.17, 15) is 24.3 Å². The lowest BCUT2D eigenvalue weighted by atomic mass is 10.0. The van der Waals surface area contributed by atoms with E-state index in [0.29, 0.717) is 36.2 Å². The van der Waals surface area contributed by atoms with E-state index in [2.05, 4.69) is 10.6 Å². The minimum Gasteiger partial charge on any atom is -0.508 e. The molecule has 0 saturated carbocycles. The van der Waals surface area contributed by atoms with E-state index in [-0.39, 0.29) is 18.8 Å². The molecule has 2 aromatic rings. The van der Waals surface area contributed by atoms with Crippen LogP contribution in [0.3, 0.4) is 0 Å². The van der Waals surface area contributed by atoms with Gasteiger partial charge in [0.25, 0.3) is 0 Å². The number of hydrogen-bond acceptors (Lipinski definition) is 8. The van der Waals surface area contributed by atoms with Crippen LogP contribution in [0.5, 0.6) is 5.75 Å². The van der Waals surface area contributed by atoms with Crippen molar-refractivity contribution in [1.29, 1.82) is 0 Å². The third-order valence-corrected chi connectivity index (χ3v) is 6.11. The third kappa shape index (κ3) is 11.0. The Morgan fingerprint density at radius 1 is 0.976 bits per heavy atom. The van der Waals surface area contributed by atoms with Gasteiger partial charge in [0.05, 0.1) is 12.8 Å². The number of benzene rings is 2. The fourth-order valence-electron chi connectivity index (χ4n) is 4.01. The van der Waals surface area contributed by atoms with Crippen molar-refractivity contribution in [3.05, 3.63) is 59.2 Å². The Balaban J connectivity index is 2.17. The quantitative estimate of drug-likeness (QED) is 0.192. The number of phenolic OH excluding ortho intramolecular Hbond substituents is 1.